The van der Waals surface area contributed by atoms with Gasteiger partial charge in [-0.25, -0.2) is 4.90 Å². The zero-order valence-corrected chi connectivity index (χ0v) is 14.0. The molecular formula is C19H20N2O3. The van der Waals surface area contributed by atoms with Gasteiger partial charge in [-0.1, -0.05) is 18.2 Å². The summed E-state index contributed by atoms with van der Waals surface area (Å²) < 4.78 is 5.11. The van der Waals surface area contributed by atoms with Gasteiger partial charge in [0.05, 0.1) is 19.2 Å². The van der Waals surface area contributed by atoms with Crippen molar-refractivity contribution in [2.75, 3.05) is 17.3 Å². The minimum Gasteiger partial charge on any atom is -0.497 e. The predicted octanol–water partition coefficient (Wildman–Crippen LogP) is 3.06. The second-order valence-electron chi connectivity index (χ2n) is 5.93. The van der Waals surface area contributed by atoms with Crippen LogP contribution in [-0.4, -0.2) is 25.0 Å². The standard InChI is InChI=1S/C19H20N2O3/c1-12-5-4-6-13(2)18(12)20-16-11-17(22)21(19(16)23)14-7-9-15(24-3)10-8-14/h4-10,16,20H,11H2,1-3H3/t16-/m1/s1. The topological polar surface area (TPSA) is 58.6 Å². The summed E-state index contributed by atoms with van der Waals surface area (Å²) in [5, 5.41) is 3.24. The number of imide groups is 1. The quantitative estimate of drug-likeness (QED) is 0.878. The molecule has 124 valence electrons. The van der Waals surface area contributed by atoms with Crippen molar-refractivity contribution in [2.45, 2.75) is 26.3 Å². The molecule has 1 saturated heterocycles. The number of nitrogens with zero attached hydrogens (tertiary/aromatic N) is 1. The van der Waals surface area contributed by atoms with Gasteiger partial charge in [0, 0.05) is 5.69 Å². The largest absolute Gasteiger partial charge is 0.497 e. The van der Waals surface area contributed by atoms with Gasteiger partial charge < -0.3 is 10.1 Å². The zero-order chi connectivity index (χ0) is 17.3. The third-order valence-corrected chi connectivity index (χ3v) is 4.28. The number of rotatable bonds is 4. The lowest BCUT2D eigenvalue weighted by molar-refractivity contribution is -0.121. The van der Waals surface area contributed by atoms with Gasteiger partial charge in [-0.2, -0.15) is 0 Å². The van der Waals surface area contributed by atoms with Crippen LogP contribution >= 0.6 is 0 Å². The van der Waals surface area contributed by atoms with Crippen molar-refractivity contribution in [3.8, 4) is 5.75 Å². The number of anilines is 2. The van der Waals surface area contributed by atoms with Crippen LogP contribution in [-0.2, 0) is 9.59 Å². The molecule has 1 aliphatic rings. The molecular weight excluding hydrogens is 304 g/mol. The number of para-hydroxylation sites is 1. The summed E-state index contributed by atoms with van der Waals surface area (Å²) in [7, 11) is 1.58. The lowest BCUT2D eigenvalue weighted by Crippen LogP contribution is -2.35. The molecule has 1 aliphatic heterocycles. The van der Waals surface area contributed by atoms with Gasteiger partial charge in [-0.05, 0) is 49.2 Å². The van der Waals surface area contributed by atoms with E-state index in [4.69, 9.17) is 4.74 Å². The van der Waals surface area contributed by atoms with Crippen LogP contribution in [0.25, 0.3) is 0 Å². The van der Waals surface area contributed by atoms with E-state index in [1.54, 1.807) is 31.4 Å². The molecule has 1 fully saturated rings. The summed E-state index contributed by atoms with van der Waals surface area (Å²) in [4.78, 5) is 26.3. The van der Waals surface area contributed by atoms with Gasteiger partial charge in [0.15, 0.2) is 0 Å². The lowest BCUT2D eigenvalue weighted by Gasteiger charge is -2.18. The number of benzene rings is 2. The molecule has 0 radical (unpaired) electrons. The third-order valence-electron chi connectivity index (χ3n) is 4.28. The van der Waals surface area contributed by atoms with Crippen molar-refractivity contribution in [3.05, 3.63) is 53.6 Å². The number of methoxy groups -OCH3 is 1. The molecule has 0 bridgehead atoms. The number of nitrogens with one attached hydrogen (secondary N) is 1. The Morgan fingerprint density at radius 3 is 2.25 bits per heavy atom. The molecule has 3 rings (SSSR count). The lowest BCUT2D eigenvalue weighted by atomic mass is 10.1. The highest BCUT2D eigenvalue weighted by atomic mass is 16.5. The fourth-order valence-corrected chi connectivity index (χ4v) is 2.96. The highest BCUT2D eigenvalue weighted by molar-refractivity contribution is 6.23. The average Bonchev–Trinajstić information content (AvgIpc) is 2.85. The summed E-state index contributed by atoms with van der Waals surface area (Å²) in [6, 6.07) is 12.3. The first-order valence-electron chi connectivity index (χ1n) is 7.85. The van der Waals surface area contributed by atoms with Gasteiger partial charge >= 0.3 is 0 Å². The highest BCUT2D eigenvalue weighted by Gasteiger charge is 2.39. The molecule has 1 heterocycles. The van der Waals surface area contributed by atoms with E-state index in [1.807, 2.05) is 32.0 Å². The number of ether oxygens (including phenoxy) is 1. The number of hydrogen-bond donors (Lipinski definition) is 1. The number of carbonyl (C=O) groups excluding carboxylic acids is 2. The fraction of sp³-hybridized carbons (Fsp3) is 0.263. The van der Waals surface area contributed by atoms with Crippen LogP contribution in [0.4, 0.5) is 11.4 Å². The molecule has 0 saturated carbocycles. The molecule has 1 N–H and O–H groups in total. The number of amides is 2. The molecule has 0 spiro atoms. The van der Waals surface area contributed by atoms with E-state index in [-0.39, 0.29) is 18.2 Å². The van der Waals surface area contributed by atoms with Crippen LogP contribution in [0, 0.1) is 13.8 Å². The third kappa shape index (κ3) is 2.85. The molecule has 0 unspecified atom stereocenters. The first-order valence-corrected chi connectivity index (χ1v) is 7.85. The first kappa shape index (κ1) is 16.1. The van der Waals surface area contributed by atoms with Crippen LogP contribution in [0.2, 0.25) is 0 Å². The van der Waals surface area contributed by atoms with Crippen molar-refractivity contribution in [2.24, 2.45) is 0 Å². The van der Waals surface area contributed by atoms with Gasteiger partial charge in [0.2, 0.25) is 5.91 Å². The number of carbonyl (C=O) groups is 2. The summed E-state index contributed by atoms with van der Waals surface area (Å²) >= 11 is 0. The Balaban J connectivity index is 1.83. The van der Waals surface area contributed by atoms with Gasteiger partial charge in [0.1, 0.15) is 11.8 Å². The maximum absolute atomic E-state index is 12.7. The Bertz CT molecular complexity index is 763. The monoisotopic (exact) mass is 324 g/mol. The van der Waals surface area contributed by atoms with Crippen molar-refractivity contribution in [1.29, 1.82) is 0 Å². The fourth-order valence-electron chi connectivity index (χ4n) is 2.96. The van der Waals surface area contributed by atoms with Crippen molar-refractivity contribution in [3.63, 3.8) is 0 Å². The van der Waals surface area contributed by atoms with E-state index in [0.29, 0.717) is 11.4 Å². The van der Waals surface area contributed by atoms with E-state index in [2.05, 4.69) is 5.32 Å². The zero-order valence-electron chi connectivity index (χ0n) is 14.0. The molecule has 2 amide bonds. The number of hydrogen-bond acceptors (Lipinski definition) is 4. The van der Waals surface area contributed by atoms with Gasteiger partial charge in [-0.15, -0.1) is 0 Å². The van der Waals surface area contributed by atoms with Gasteiger partial charge in [0.25, 0.3) is 5.91 Å². The smallest absolute Gasteiger partial charge is 0.256 e. The van der Waals surface area contributed by atoms with Crippen LogP contribution in [0.1, 0.15) is 17.5 Å². The highest BCUT2D eigenvalue weighted by Crippen LogP contribution is 2.28. The molecule has 0 aromatic heterocycles. The normalized spacial score (nSPS) is 17.3. The summed E-state index contributed by atoms with van der Waals surface area (Å²) in [6.45, 7) is 3.97. The predicted molar refractivity (Wildman–Crippen MR) is 93.4 cm³/mol. The Morgan fingerprint density at radius 2 is 1.67 bits per heavy atom. The van der Waals surface area contributed by atoms with Crippen LogP contribution < -0.4 is 15.0 Å². The Labute approximate surface area is 141 Å². The molecule has 1 atom stereocenters. The minimum atomic E-state index is -0.542. The van der Waals surface area contributed by atoms with Crippen molar-refractivity contribution in [1.82, 2.24) is 0 Å². The van der Waals surface area contributed by atoms with Crippen molar-refractivity contribution < 1.29 is 14.3 Å². The van der Waals surface area contributed by atoms with E-state index >= 15 is 0 Å². The molecule has 0 aliphatic carbocycles. The molecule has 2 aromatic rings. The molecule has 2 aromatic carbocycles. The van der Waals surface area contributed by atoms with E-state index < -0.39 is 6.04 Å². The summed E-state index contributed by atoms with van der Waals surface area (Å²) in [5.41, 5.74) is 3.59. The van der Waals surface area contributed by atoms with E-state index in [0.717, 1.165) is 16.8 Å². The minimum absolute atomic E-state index is 0.151. The Hall–Kier alpha value is -2.82. The number of aryl methyl sites for hydroxylation is 2. The van der Waals surface area contributed by atoms with Crippen LogP contribution in [0.3, 0.4) is 0 Å². The Kier molecular flexibility index (Phi) is 4.25. The summed E-state index contributed by atoms with van der Waals surface area (Å²) in [5.74, 6) is 0.254. The second-order valence-corrected chi connectivity index (χ2v) is 5.93. The van der Waals surface area contributed by atoms with Crippen LogP contribution in [0.5, 0.6) is 5.75 Å². The average molecular weight is 324 g/mol. The second kappa shape index (κ2) is 6.35. The maximum atomic E-state index is 12.7. The van der Waals surface area contributed by atoms with E-state index in [1.165, 1.54) is 4.90 Å². The SMILES string of the molecule is COc1ccc(N2C(=O)C[C@@H](Nc3c(C)cccc3C)C2=O)cc1. The molecule has 5 heteroatoms. The van der Waals surface area contributed by atoms with Crippen LogP contribution in [0.15, 0.2) is 42.5 Å². The maximum Gasteiger partial charge on any atom is 0.256 e. The first-order chi connectivity index (χ1) is 11.5. The van der Waals surface area contributed by atoms with Crippen molar-refractivity contribution >= 4 is 23.2 Å². The Morgan fingerprint density at radius 1 is 1.04 bits per heavy atom. The molecule has 24 heavy (non-hydrogen) atoms. The summed E-state index contributed by atoms with van der Waals surface area (Å²) in [6.07, 6.45) is 0.151. The van der Waals surface area contributed by atoms with Gasteiger partial charge in [-0.3, -0.25) is 9.59 Å². The molecule has 5 nitrogen and oxygen atoms in total. The van der Waals surface area contributed by atoms with E-state index in [9.17, 15) is 9.59 Å².